The number of nitrogens with zero attached hydrogens (tertiary/aromatic N) is 2. The first kappa shape index (κ1) is 20.3. The first-order valence-corrected chi connectivity index (χ1v) is 8.10. The number of nitrogens with one attached hydrogen (secondary N) is 1. The van der Waals surface area contributed by atoms with Crippen LogP contribution in [0.15, 0.2) is 0 Å². The molecule has 5 heteroatoms. The SMILES string of the molecule is CCNC(C)(CCCN(CC)CCCN(C)C)C(=O)OC. The van der Waals surface area contributed by atoms with E-state index in [1.165, 1.54) is 13.5 Å². The first-order chi connectivity index (χ1) is 9.89. The van der Waals surface area contributed by atoms with E-state index in [1.54, 1.807) is 0 Å². The van der Waals surface area contributed by atoms with Crippen LogP contribution in [0.1, 0.15) is 40.0 Å². The molecule has 126 valence electrons. The van der Waals surface area contributed by atoms with Gasteiger partial charge in [0.25, 0.3) is 0 Å². The summed E-state index contributed by atoms with van der Waals surface area (Å²) in [5.74, 6) is -0.167. The fourth-order valence-electron chi connectivity index (χ4n) is 2.57. The van der Waals surface area contributed by atoms with E-state index in [-0.39, 0.29) is 5.97 Å². The van der Waals surface area contributed by atoms with Crippen LogP contribution >= 0.6 is 0 Å². The van der Waals surface area contributed by atoms with Gasteiger partial charge in [-0.05, 0) is 73.0 Å². The lowest BCUT2D eigenvalue weighted by Gasteiger charge is -2.29. The summed E-state index contributed by atoms with van der Waals surface area (Å²) in [7, 11) is 5.67. The lowest BCUT2D eigenvalue weighted by Crippen LogP contribution is -2.50. The van der Waals surface area contributed by atoms with Crippen LogP contribution < -0.4 is 5.32 Å². The van der Waals surface area contributed by atoms with Crippen LogP contribution in [0.2, 0.25) is 0 Å². The molecule has 1 N–H and O–H groups in total. The van der Waals surface area contributed by atoms with E-state index in [1.807, 2.05) is 13.8 Å². The number of carbonyl (C=O) groups is 1. The largest absolute Gasteiger partial charge is 0.468 e. The molecule has 0 aliphatic carbocycles. The molecule has 0 fully saturated rings. The molecule has 0 aromatic heterocycles. The molecule has 0 spiro atoms. The molecule has 5 nitrogen and oxygen atoms in total. The molecule has 0 aliphatic heterocycles. The Balaban J connectivity index is 4.18. The van der Waals surface area contributed by atoms with Crippen LogP contribution in [-0.2, 0) is 9.53 Å². The molecule has 0 saturated heterocycles. The van der Waals surface area contributed by atoms with Crippen LogP contribution in [-0.4, -0.2) is 75.2 Å². The Bertz CT molecular complexity index is 285. The fraction of sp³-hybridized carbons (Fsp3) is 0.938. The smallest absolute Gasteiger partial charge is 0.325 e. The molecule has 0 rings (SSSR count). The van der Waals surface area contributed by atoms with E-state index in [2.05, 4.69) is 36.1 Å². The Kier molecular flexibility index (Phi) is 10.6. The summed E-state index contributed by atoms with van der Waals surface area (Å²) >= 11 is 0. The molecule has 1 atom stereocenters. The van der Waals surface area contributed by atoms with Gasteiger partial charge in [-0.3, -0.25) is 4.79 Å². The van der Waals surface area contributed by atoms with Gasteiger partial charge < -0.3 is 19.9 Å². The molecule has 0 amide bonds. The second-order valence-corrected chi connectivity index (χ2v) is 6.05. The van der Waals surface area contributed by atoms with Gasteiger partial charge in [-0.1, -0.05) is 13.8 Å². The van der Waals surface area contributed by atoms with Gasteiger partial charge in [-0.15, -0.1) is 0 Å². The van der Waals surface area contributed by atoms with Gasteiger partial charge >= 0.3 is 5.97 Å². The highest BCUT2D eigenvalue weighted by Crippen LogP contribution is 2.15. The molecule has 0 aliphatic rings. The Morgan fingerprint density at radius 2 is 1.76 bits per heavy atom. The van der Waals surface area contributed by atoms with Crippen molar-refractivity contribution in [1.82, 2.24) is 15.1 Å². The fourth-order valence-corrected chi connectivity index (χ4v) is 2.57. The Hall–Kier alpha value is -0.650. The van der Waals surface area contributed by atoms with E-state index in [4.69, 9.17) is 4.74 Å². The third-order valence-corrected chi connectivity index (χ3v) is 3.88. The standard InChI is InChI=1S/C16H35N3O2/c1-7-17-16(3,15(20)21-6)11-9-13-19(8-2)14-10-12-18(4)5/h17H,7-14H2,1-6H3. The molecule has 0 saturated carbocycles. The predicted molar refractivity (Wildman–Crippen MR) is 88.6 cm³/mol. The summed E-state index contributed by atoms with van der Waals surface area (Å²) in [6, 6.07) is 0. The van der Waals surface area contributed by atoms with Gasteiger partial charge in [0.1, 0.15) is 5.54 Å². The summed E-state index contributed by atoms with van der Waals surface area (Å²) < 4.78 is 4.92. The average molecular weight is 301 g/mol. The van der Waals surface area contributed by atoms with Gasteiger partial charge in [-0.2, -0.15) is 0 Å². The van der Waals surface area contributed by atoms with Crippen molar-refractivity contribution in [1.29, 1.82) is 0 Å². The van der Waals surface area contributed by atoms with Crippen molar-refractivity contribution in [3.63, 3.8) is 0 Å². The van der Waals surface area contributed by atoms with Gasteiger partial charge in [0.2, 0.25) is 0 Å². The van der Waals surface area contributed by atoms with Crippen LogP contribution in [0.25, 0.3) is 0 Å². The van der Waals surface area contributed by atoms with Crippen molar-refractivity contribution in [3.8, 4) is 0 Å². The van der Waals surface area contributed by atoms with Crippen LogP contribution in [0.4, 0.5) is 0 Å². The number of likely N-dealkylation sites (N-methyl/N-ethyl adjacent to an activating group) is 1. The average Bonchev–Trinajstić information content (AvgIpc) is 2.44. The van der Waals surface area contributed by atoms with Gasteiger partial charge in [-0.25, -0.2) is 0 Å². The van der Waals surface area contributed by atoms with Crippen molar-refractivity contribution in [3.05, 3.63) is 0 Å². The third kappa shape index (κ3) is 8.39. The summed E-state index contributed by atoms with van der Waals surface area (Å²) in [6.07, 6.45) is 2.98. The highest BCUT2D eigenvalue weighted by atomic mass is 16.5. The number of rotatable bonds is 12. The zero-order valence-corrected chi connectivity index (χ0v) is 14.9. The van der Waals surface area contributed by atoms with Crippen molar-refractivity contribution < 1.29 is 9.53 Å². The number of carbonyl (C=O) groups excluding carboxylic acids is 1. The zero-order valence-electron chi connectivity index (χ0n) is 14.9. The zero-order chi connectivity index (χ0) is 16.3. The third-order valence-electron chi connectivity index (χ3n) is 3.88. The summed E-state index contributed by atoms with van der Waals surface area (Å²) in [6.45, 7) is 11.2. The normalized spacial score (nSPS) is 14.5. The van der Waals surface area contributed by atoms with E-state index in [0.717, 1.165) is 45.6 Å². The molecule has 0 heterocycles. The topological polar surface area (TPSA) is 44.8 Å². The van der Waals surface area contributed by atoms with Gasteiger partial charge in [0.05, 0.1) is 7.11 Å². The minimum atomic E-state index is -0.563. The number of ether oxygens (including phenoxy) is 1. The molecule has 1 unspecified atom stereocenters. The highest BCUT2D eigenvalue weighted by Gasteiger charge is 2.32. The number of esters is 1. The minimum Gasteiger partial charge on any atom is -0.468 e. The van der Waals surface area contributed by atoms with Crippen molar-refractivity contribution in [2.75, 3.05) is 53.9 Å². The lowest BCUT2D eigenvalue weighted by atomic mass is 9.95. The molecule has 0 bridgehead atoms. The van der Waals surface area contributed by atoms with Gasteiger partial charge in [0, 0.05) is 0 Å². The maximum atomic E-state index is 11.9. The Morgan fingerprint density at radius 3 is 2.24 bits per heavy atom. The molecular weight excluding hydrogens is 266 g/mol. The minimum absolute atomic E-state index is 0.167. The number of hydrogen-bond acceptors (Lipinski definition) is 5. The Labute approximate surface area is 131 Å². The van der Waals surface area contributed by atoms with E-state index in [0.29, 0.717) is 0 Å². The van der Waals surface area contributed by atoms with Crippen molar-refractivity contribution in [2.45, 2.75) is 45.6 Å². The number of methoxy groups -OCH3 is 1. The molecule has 0 aromatic rings. The number of hydrogen-bond donors (Lipinski definition) is 1. The van der Waals surface area contributed by atoms with Crippen molar-refractivity contribution in [2.24, 2.45) is 0 Å². The summed E-state index contributed by atoms with van der Waals surface area (Å²) in [5, 5.41) is 3.26. The predicted octanol–water partition coefficient (Wildman–Crippen LogP) is 1.58. The summed E-state index contributed by atoms with van der Waals surface area (Å²) in [5.41, 5.74) is -0.563. The molecular formula is C16H35N3O2. The Morgan fingerprint density at radius 1 is 1.14 bits per heavy atom. The summed E-state index contributed by atoms with van der Waals surface area (Å²) in [4.78, 5) is 16.6. The second kappa shape index (κ2) is 11.0. The molecule has 21 heavy (non-hydrogen) atoms. The maximum absolute atomic E-state index is 11.9. The van der Waals surface area contributed by atoms with Crippen LogP contribution in [0.5, 0.6) is 0 Å². The first-order valence-electron chi connectivity index (χ1n) is 8.10. The second-order valence-electron chi connectivity index (χ2n) is 6.05. The molecule has 0 radical (unpaired) electrons. The van der Waals surface area contributed by atoms with Crippen LogP contribution in [0, 0.1) is 0 Å². The lowest BCUT2D eigenvalue weighted by molar-refractivity contribution is -0.148. The van der Waals surface area contributed by atoms with Crippen molar-refractivity contribution >= 4 is 5.97 Å². The van der Waals surface area contributed by atoms with E-state index < -0.39 is 5.54 Å². The monoisotopic (exact) mass is 301 g/mol. The highest BCUT2D eigenvalue weighted by molar-refractivity contribution is 5.80. The van der Waals surface area contributed by atoms with E-state index in [9.17, 15) is 4.79 Å². The van der Waals surface area contributed by atoms with Gasteiger partial charge in [0.15, 0.2) is 0 Å². The molecule has 0 aromatic carbocycles. The van der Waals surface area contributed by atoms with E-state index >= 15 is 0 Å². The maximum Gasteiger partial charge on any atom is 0.325 e. The quantitative estimate of drug-likeness (QED) is 0.555. The van der Waals surface area contributed by atoms with Crippen LogP contribution in [0.3, 0.4) is 0 Å².